The van der Waals surface area contributed by atoms with Crippen molar-refractivity contribution in [2.24, 2.45) is 23.7 Å². The number of esters is 2. The van der Waals surface area contributed by atoms with Gasteiger partial charge in [0, 0.05) is 0 Å². The minimum absolute atomic E-state index is 0.144. The monoisotopic (exact) mass is 298 g/mol. The van der Waals surface area contributed by atoms with E-state index in [0.29, 0.717) is 0 Å². The van der Waals surface area contributed by atoms with Crippen LogP contribution in [0.5, 0.6) is 0 Å². The molecule has 4 heteroatoms. The van der Waals surface area contributed by atoms with Crippen molar-refractivity contribution in [2.75, 3.05) is 0 Å². The molecule has 0 radical (unpaired) electrons. The van der Waals surface area contributed by atoms with E-state index in [1.165, 1.54) is 0 Å². The number of ether oxygens (including phenoxy) is 2. The lowest BCUT2D eigenvalue weighted by Crippen LogP contribution is -2.40. The van der Waals surface area contributed by atoms with Crippen molar-refractivity contribution in [1.82, 2.24) is 0 Å². The minimum Gasteiger partial charge on any atom is -0.463 e. The summed E-state index contributed by atoms with van der Waals surface area (Å²) in [6.07, 6.45) is 2.62. The fourth-order valence-electron chi connectivity index (χ4n) is 3.21. The van der Waals surface area contributed by atoms with E-state index in [2.05, 4.69) is 0 Å². The normalized spacial score (nSPS) is 30.1. The molecule has 0 N–H and O–H groups in total. The summed E-state index contributed by atoms with van der Waals surface area (Å²) in [5, 5.41) is 0. The van der Waals surface area contributed by atoms with Gasteiger partial charge in [0.25, 0.3) is 0 Å². The van der Waals surface area contributed by atoms with Gasteiger partial charge in [0.05, 0.1) is 24.0 Å². The molecule has 0 aliphatic heterocycles. The van der Waals surface area contributed by atoms with Crippen LogP contribution in [0.1, 0.15) is 60.8 Å². The van der Waals surface area contributed by atoms with E-state index in [1.54, 1.807) is 0 Å². The van der Waals surface area contributed by atoms with Crippen molar-refractivity contribution in [3.8, 4) is 0 Å². The van der Waals surface area contributed by atoms with Crippen molar-refractivity contribution in [2.45, 2.75) is 73.0 Å². The van der Waals surface area contributed by atoms with E-state index in [4.69, 9.17) is 9.47 Å². The number of hydrogen-bond donors (Lipinski definition) is 0. The molecule has 1 aliphatic carbocycles. The maximum Gasteiger partial charge on any atom is 0.310 e. The van der Waals surface area contributed by atoms with Crippen LogP contribution in [0, 0.1) is 23.7 Å². The lowest BCUT2D eigenvalue weighted by Gasteiger charge is -2.30. The molecule has 0 aromatic carbocycles. The third-order valence-corrected chi connectivity index (χ3v) is 4.18. The minimum atomic E-state index is -0.392. The number of hydrogen-bond acceptors (Lipinski definition) is 4. The predicted octanol–water partition coefficient (Wildman–Crippen LogP) is 3.58. The van der Waals surface area contributed by atoms with Gasteiger partial charge in [0.15, 0.2) is 0 Å². The standard InChI is InChI=1S/C17H30O4/c1-10(2)20-16(18)14-12(5)8-7-9-13(6)15(14)17(19)21-11(3)4/h10-15H,7-9H2,1-6H3. The highest BCUT2D eigenvalue weighted by Gasteiger charge is 2.44. The highest BCUT2D eigenvalue weighted by molar-refractivity contribution is 5.82. The maximum atomic E-state index is 12.5. The van der Waals surface area contributed by atoms with E-state index < -0.39 is 11.8 Å². The second kappa shape index (κ2) is 7.81. The number of rotatable bonds is 4. The summed E-state index contributed by atoms with van der Waals surface area (Å²) in [5.74, 6) is -1.00. The average molecular weight is 298 g/mol. The summed E-state index contributed by atoms with van der Waals surface area (Å²) in [7, 11) is 0. The molecule has 0 aromatic heterocycles. The molecule has 0 spiro atoms. The smallest absolute Gasteiger partial charge is 0.310 e. The van der Waals surface area contributed by atoms with Crippen molar-refractivity contribution in [3.63, 3.8) is 0 Å². The Hall–Kier alpha value is -1.06. The molecular formula is C17H30O4. The summed E-state index contributed by atoms with van der Waals surface area (Å²) in [6, 6.07) is 0. The van der Waals surface area contributed by atoms with Crippen LogP contribution in [0.15, 0.2) is 0 Å². The molecule has 4 atom stereocenters. The molecule has 0 saturated heterocycles. The first-order valence-corrected chi connectivity index (χ1v) is 8.15. The second-order valence-corrected chi connectivity index (χ2v) is 6.91. The molecule has 122 valence electrons. The molecule has 4 nitrogen and oxygen atoms in total. The van der Waals surface area contributed by atoms with Crippen molar-refractivity contribution < 1.29 is 19.1 Å². The second-order valence-electron chi connectivity index (χ2n) is 6.91. The van der Waals surface area contributed by atoms with Crippen LogP contribution in [0.2, 0.25) is 0 Å². The van der Waals surface area contributed by atoms with Gasteiger partial charge in [-0.05, 0) is 52.4 Å². The zero-order valence-corrected chi connectivity index (χ0v) is 14.2. The lowest BCUT2D eigenvalue weighted by atomic mass is 9.77. The van der Waals surface area contributed by atoms with Gasteiger partial charge < -0.3 is 9.47 Å². The van der Waals surface area contributed by atoms with E-state index >= 15 is 0 Å². The molecule has 21 heavy (non-hydrogen) atoms. The quantitative estimate of drug-likeness (QED) is 0.588. The summed E-state index contributed by atoms with van der Waals surface area (Å²) >= 11 is 0. The highest BCUT2D eigenvalue weighted by Crippen LogP contribution is 2.38. The van der Waals surface area contributed by atoms with Gasteiger partial charge in [-0.15, -0.1) is 0 Å². The molecule has 1 saturated carbocycles. The molecular weight excluding hydrogens is 268 g/mol. The summed E-state index contributed by atoms with van der Waals surface area (Å²) < 4.78 is 10.8. The molecule has 1 fully saturated rings. The van der Waals surface area contributed by atoms with Crippen LogP contribution in [0.3, 0.4) is 0 Å². The Morgan fingerprint density at radius 1 is 0.810 bits per heavy atom. The maximum absolute atomic E-state index is 12.5. The lowest BCUT2D eigenvalue weighted by molar-refractivity contribution is -0.169. The first kappa shape index (κ1) is 18.0. The van der Waals surface area contributed by atoms with Gasteiger partial charge in [-0.2, -0.15) is 0 Å². The number of carbonyl (C=O) groups is 2. The highest BCUT2D eigenvalue weighted by atomic mass is 16.6. The molecule has 1 aliphatic rings. The Kier molecular flexibility index (Phi) is 6.69. The predicted molar refractivity (Wildman–Crippen MR) is 81.6 cm³/mol. The molecule has 4 unspecified atom stereocenters. The molecule has 0 aromatic rings. The molecule has 0 bridgehead atoms. The van der Waals surface area contributed by atoms with Crippen LogP contribution < -0.4 is 0 Å². The van der Waals surface area contributed by atoms with E-state index in [1.807, 2.05) is 41.5 Å². The van der Waals surface area contributed by atoms with E-state index in [0.717, 1.165) is 19.3 Å². The van der Waals surface area contributed by atoms with Gasteiger partial charge >= 0.3 is 11.9 Å². The van der Waals surface area contributed by atoms with Gasteiger partial charge in [-0.1, -0.05) is 20.3 Å². The van der Waals surface area contributed by atoms with Crippen LogP contribution in [0.25, 0.3) is 0 Å². The Balaban J connectivity index is 3.02. The Morgan fingerprint density at radius 2 is 1.14 bits per heavy atom. The first-order chi connectivity index (χ1) is 9.73. The van der Waals surface area contributed by atoms with Crippen LogP contribution in [0.4, 0.5) is 0 Å². The van der Waals surface area contributed by atoms with Gasteiger partial charge in [-0.25, -0.2) is 0 Å². The summed E-state index contributed by atoms with van der Waals surface area (Å²) in [4.78, 5) is 25.0. The van der Waals surface area contributed by atoms with Crippen molar-refractivity contribution in [1.29, 1.82) is 0 Å². The average Bonchev–Trinajstić information content (AvgIpc) is 2.46. The van der Waals surface area contributed by atoms with Crippen LogP contribution >= 0.6 is 0 Å². The first-order valence-electron chi connectivity index (χ1n) is 8.15. The summed E-state index contributed by atoms with van der Waals surface area (Å²) in [5.41, 5.74) is 0. The van der Waals surface area contributed by atoms with E-state index in [-0.39, 0.29) is 36.0 Å². The van der Waals surface area contributed by atoms with Gasteiger partial charge in [-0.3, -0.25) is 9.59 Å². The van der Waals surface area contributed by atoms with Gasteiger partial charge in [0.2, 0.25) is 0 Å². The largest absolute Gasteiger partial charge is 0.463 e. The SMILES string of the molecule is CC(C)OC(=O)C1C(C)CCCC(C)C1C(=O)OC(C)C. The van der Waals surface area contributed by atoms with Crippen molar-refractivity contribution >= 4 is 11.9 Å². The fourth-order valence-corrected chi connectivity index (χ4v) is 3.21. The molecule has 0 heterocycles. The number of carbonyl (C=O) groups excluding carboxylic acids is 2. The Morgan fingerprint density at radius 3 is 1.43 bits per heavy atom. The van der Waals surface area contributed by atoms with Crippen molar-refractivity contribution in [3.05, 3.63) is 0 Å². The zero-order chi connectivity index (χ0) is 16.2. The molecule has 1 rings (SSSR count). The zero-order valence-electron chi connectivity index (χ0n) is 14.2. The van der Waals surface area contributed by atoms with E-state index in [9.17, 15) is 9.59 Å². The molecule has 0 amide bonds. The van der Waals surface area contributed by atoms with Gasteiger partial charge in [0.1, 0.15) is 0 Å². The fraction of sp³-hybridized carbons (Fsp3) is 0.882. The third kappa shape index (κ3) is 5.01. The Labute approximate surface area is 128 Å². The van der Waals surface area contributed by atoms with Crippen LogP contribution in [-0.4, -0.2) is 24.1 Å². The summed E-state index contributed by atoms with van der Waals surface area (Å²) in [6.45, 7) is 11.4. The third-order valence-electron chi connectivity index (χ3n) is 4.18. The van der Waals surface area contributed by atoms with Crippen LogP contribution in [-0.2, 0) is 19.1 Å². The Bertz CT molecular complexity index is 328. The topological polar surface area (TPSA) is 52.6 Å².